The van der Waals surface area contributed by atoms with Crippen molar-refractivity contribution in [2.45, 2.75) is 26.3 Å². The van der Waals surface area contributed by atoms with Crippen LogP contribution in [0.4, 0.5) is 0 Å². The molecule has 0 aliphatic carbocycles. The molecule has 2 aromatic rings. The van der Waals surface area contributed by atoms with E-state index < -0.39 is 0 Å². The number of thiazole rings is 1. The van der Waals surface area contributed by atoms with Gasteiger partial charge >= 0.3 is 0 Å². The molecule has 4 nitrogen and oxygen atoms in total. The average Bonchev–Trinajstić information content (AvgIpc) is 2.82. The Balaban J connectivity index is 2.14. The van der Waals surface area contributed by atoms with Gasteiger partial charge in [0.1, 0.15) is 5.75 Å². The van der Waals surface area contributed by atoms with Crippen LogP contribution in [0.2, 0.25) is 0 Å². The largest absolute Gasteiger partial charge is 0.492 e. The molecule has 0 saturated heterocycles. The van der Waals surface area contributed by atoms with E-state index in [1.165, 1.54) is 0 Å². The van der Waals surface area contributed by atoms with Gasteiger partial charge in [0.2, 0.25) is 0 Å². The lowest BCUT2D eigenvalue weighted by Crippen LogP contribution is -2.19. The molecule has 0 aromatic carbocycles. The number of pyridine rings is 1. The van der Waals surface area contributed by atoms with Crippen LogP contribution in [0.3, 0.4) is 0 Å². The highest BCUT2D eigenvalue weighted by Crippen LogP contribution is 2.22. The molecule has 2 rings (SSSR count). The number of nitrogens with zero attached hydrogens (tertiary/aromatic N) is 2. The van der Waals surface area contributed by atoms with Crippen molar-refractivity contribution in [1.29, 1.82) is 0 Å². The summed E-state index contributed by atoms with van der Waals surface area (Å²) in [4.78, 5) is 8.75. The van der Waals surface area contributed by atoms with Crippen molar-refractivity contribution in [3.63, 3.8) is 0 Å². The zero-order valence-corrected chi connectivity index (χ0v) is 12.3. The molecule has 1 N–H and O–H groups in total. The minimum atomic E-state index is 0.203. The van der Waals surface area contributed by atoms with Crippen LogP contribution in [0, 0.1) is 6.92 Å². The summed E-state index contributed by atoms with van der Waals surface area (Å²) in [5.74, 6) is 0.815. The van der Waals surface area contributed by atoms with Crippen molar-refractivity contribution >= 4 is 11.3 Å². The monoisotopic (exact) mass is 277 g/mol. The summed E-state index contributed by atoms with van der Waals surface area (Å²) < 4.78 is 5.49. The van der Waals surface area contributed by atoms with Crippen molar-refractivity contribution in [3.8, 4) is 5.75 Å². The molecule has 2 aromatic heterocycles. The third-order valence-electron chi connectivity index (χ3n) is 2.88. The Bertz CT molecular complexity index is 527. The van der Waals surface area contributed by atoms with E-state index in [2.05, 4.69) is 20.7 Å². The Morgan fingerprint density at radius 3 is 2.89 bits per heavy atom. The molecule has 1 atom stereocenters. The lowest BCUT2D eigenvalue weighted by Gasteiger charge is -2.16. The molecule has 102 valence electrons. The molecule has 0 spiro atoms. The number of aryl methyl sites for hydroxylation is 1. The van der Waals surface area contributed by atoms with Crippen molar-refractivity contribution in [2.24, 2.45) is 0 Å². The summed E-state index contributed by atoms with van der Waals surface area (Å²) in [7, 11) is 1.96. The minimum absolute atomic E-state index is 0.203. The molecular weight excluding hydrogens is 258 g/mol. The van der Waals surface area contributed by atoms with E-state index in [1.807, 2.05) is 33.2 Å². The topological polar surface area (TPSA) is 47.0 Å². The Morgan fingerprint density at radius 1 is 1.42 bits per heavy atom. The van der Waals surface area contributed by atoms with E-state index in [9.17, 15) is 0 Å². The molecule has 0 fully saturated rings. The molecule has 19 heavy (non-hydrogen) atoms. The standard InChI is InChI=1S/C14H19N3OS/c1-4-18-13-5-11(7-16-8-13)14(15-3)6-12-9-19-10(2)17-12/h5,7-9,14-15H,4,6H2,1-3H3. The van der Waals surface area contributed by atoms with Gasteiger partial charge in [0.15, 0.2) is 0 Å². The molecular formula is C14H19N3OS. The number of hydrogen-bond donors (Lipinski definition) is 1. The van der Waals surface area contributed by atoms with Gasteiger partial charge in [-0.1, -0.05) is 0 Å². The average molecular weight is 277 g/mol. The minimum Gasteiger partial charge on any atom is -0.492 e. The zero-order valence-electron chi connectivity index (χ0n) is 11.5. The smallest absolute Gasteiger partial charge is 0.137 e. The summed E-state index contributed by atoms with van der Waals surface area (Å²) >= 11 is 1.68. The second-order valence-electron chi connectivity index (χ2n) is 4.29. The Morgan fingerprint density at radius 2 is 2.26 bits per heavy atom. The van der Waals surface area contributed by atoms with Crippen LogP contribution in [-0.2, 0) is 6.42 Å². The highest BCUT2D eigenvalue weighted by Gasteiger charge is 2.13. The van der Waals surface area contributed by atoms with Crippen LogP contribution in [0.25, 0.3) is 0 Å². The molecule has 5 heteroatoms. The quantitative estimate of drug-likeness (QED) is 0.882. The number of ether oxygens (including phenoxy) is 1. The highest BCUT2D eigenvalue weighted by atomic mass is 32.1. The molecule has 0 aliphatic heterocycles. The maximum atomic E-state index is 5.49. The van der Waals surface area contributed by atoms with Gasteiger partial charge in [0.05, 0.1) is 23.5 Å². The Kier molecular flexibility index (Phi) is 4.87. The molecule has 1 unspecified atom stereocenters. The Labute approximate surface area is 117 Å². The first-order valence-electron chi connectivity index (χ1n) is 6.39. The van der Waals surface area contributed by atoms with E-state index >= 15 is 0 Å². The second-order valence-corrected chi connectivity index (χ2v) is 5.35. The summed E-state index contributed by atoms with van der Waals surface area (Å²) in [6, 6.07) is 2.24. The first-order chi connectivity index (χ1) is 9.22. The summed E-state index contributed by atoms with van der Waals surface area (Å²) in [6.45, 7) is 4.65. The third-order valence-corrected chi connectivity index (χ3v) is 3.70. The van der Waals surface area contributed by atoms with Crippen molar-refractivity contribution in [2.75, 3.05) is 13.7 Å². The lowest BCUT2D eigenvalue weighted by atomic mass is 10.0. The summed E-state index contributed by atoms with van der Waals surface area (Å²) in [5.41, 5.74) is 2.24. The second kappa shape index (κ2) is 6.63. The van der Waals surface area contributed by atoms with Gasteiger partial charge in [0, 0.05) is 24.0 Å². The van der Waals surface area contributed by atoms with Crippen LogP contribution >= 0.6 is 11.3 Å². The van der Waals surface area contributed by atoms with Crippen LogP contribution in [0.1, 0.15) is 29.2 Å². The fourth-order valence-corrected chi connectivity index (χ4v) is 2.59. The van der Waals surface area contributed by atoms with Gasteiger partial charge in [-0.3, -0.25) is 4.98 Å². The number of aromatic nitrogens is 2. The fourth-order valence-electron chi connectivity index (χ4n) is 1.97. The zero-order chi connectivity index (χ0) is 13.7. The number of hydrogen-bond acceptors (Lipinski definition) is 5. The van der Waals surface area contributed by atoms with Gasteiger partial charge in [0.25, 0.3) is 0 Å². The fraction of sp³-hybridized carbons (Fsp3) is 0.429. The molecule has 0 radical (unpaired) electrons. The number of rotatable bonds is 6. The van der Waals surface area contributed by atoms with E-state index in [0.29, 0.717) is 6.61 Å². The Hall–Kier alpha value is -1.46. The first-order valence-corrected chi connectivity index (χ1v) is 7.27. The summed E-state index contributed by atoms with van der Waals surface area (Å²) in [5, 5.41) is 6.53. The van der Waals surface area contributed by atoms with E-state index in [-0.39, 0.29) is 6.04 Å². The third kappa shape index (κ3) is 3.75. The van der Waals surface area contributed by atoms with Gasteiger partial charge < -0.3 is 10.1 Å². The predicted octanol–water partition coefficient (Wildman–Crippen LogP) is 2.75. The lowest BCUT2D eigenvalue weighted by molar-refractivity contribution is 0.338. The number of likely N-dealkylation sites (N-methyl/N-ethyl adjacent to an activating group) is 1. The normalized spacial score (nSPS) is 12.4. The molecule has 0 aliphatic rings. The maximum Gasteiger partial charge on any atom is 0.137 e. The van der Waals surface area contributed by atoms with Crippen molar-refractivity contribution in [1.82, 2.24) is 15.3 Å². The van der Waals surface area contributed by atoms with Crippen LogP contribution in [0.15, 0.2) is 23.8 Å². The van der Waals surface area contributed by atoms with Gasteiger partial charge in [-0.15, -0.1) is 11.3 Å². The van der Waals surface area contributed by atoms with Crippen LogP contribution in [0.5, 0.6) is 5.75 Å². The van der Waals surface area contributed by atoms with Crippen molar-refractivity contribution in [3.05, 3.63) is 40.1 Å². The van der Waals surface area contributed by atoms with E-state index in [1.54, 1.807) is 17.5 Å². The molecule has 0 saturated carbocycles. The van der Waals surface area contributed by atoms with Crippen LogP contribution in [-0.4, -0.2) is 23.6 Å². The van der Waals surface area contributed by atoms with E-state index in [0.717, 1.165) is 28.4 Å². The van der Waals surface area contributed by atoms with Crippen LogP contribution < -0.4 is 10.1 Å². The molecule has 0 bridgehead atoms. The van der Waals surface area contributed by atoms with Gasteiger partial charge in [-0.05, 0) is 32.5 Å². The maximum absolute atomic E-state index is 5.49. The van der Waals surface area contributed by atoms with Gasteiger partial charge in [-0.2, -0.15) is 0 Å². The molecule has 0 amide bonds. The van der Waals surface area contributed by atoms with Crippen molar-refractivity contribution < 1.29 is 4.74 Å². The summed E-state index contributed by atoms with van der Waals surface area (Å²) in [6.07, 6.45) is 4.48. The number of nitrogens with one attached hydrogen (secondary N) is 1. The van der Waals surface area contributed by atoms with E-state index in [4.69, 9.17) is 4.74 Å². The molecule has 2 heterocycles. The van der Waals surface area contributed by atoms with Gasteiger partial charge in [-0.25, -0.2) is 4.98 Å². The highest BCUT2D eigenvalue weighted by molar-refractivity contribution is 7.09. The predicted molar refractivity (Wildman–Crippen MR) is 77.8 cm³/mol. The SMILES string of the molecule is CCOc1cncc(C(Cc2csc(C)n2)NC)c1. The first kappa shape index (κ1) is 14.0.